The number of hydrogen-bond acceptors (Lipinski definition) is 3. The van der Waals surface area contributed by atoms with Crippen molar-refractivity contribution in [1.29, 1.82) is 5.26 Å². The van der Waals surface area contributed by atoms with Crippen molar-refractivity contribution in [3.05, 3.63) is 0 Å². The van der Waals surface area contributed by atoms with Crippen LogP contribution in [0.3, 0.4) is 0 Å². The zero-order valence-electron chi connectivity index (χ0n) is 10.6. The van der Waals surface area contributed by atoms with Crippen LogP contribution < -0.4 is 0 Å². The molecule has 1 aliphatic carbocycles. The van der Waals surface area contributed by atoms with Crippen LogP contribution in [0.4, 0.5) is 0 Å². The third-order valence-electron chi connectivity index (χ3n) is 4.27. The van der Waals surface area contributed by atoms with Crippen LogP contribution in [-0.4, -0.2) is 24.4 Å². The first-order chi connectivity index (χ1) is 7.57. The minimum Gasteiger partial charge on any atom is -0.386 e. The Balaban J connectivity index is 2.92. The van der Waals surface area contributed by atoms with E-state index in [0.29, 0.717) is 12.3 Å². The van der Waals surface area contributed by atoms with E-state index in [1.807, 2.05) is 6.92 Å². The van der Waals surface area contributed by atoms with Crippen molar-refractivity contribution in [2.45, 2.75) is 51.6 Å². The van der Waals surface area contributed by atoms with Gasteiger partial charge in [0.1, 0.15) is 5.60 Å². The number of aliphatic hydroxyl groups is 1. The lowest BCUT2D eigenvalue weighted by molar-refractivity contribution is -0.104. The van der Waals surface area contributed by atoms with E-state index < -0.39 is 11.0 Å². The van der Waals surface area contributed by atoms with Crippen molar-refractivity contribution in [3.63, 3.8) is 0 Å². The average molecular weight is 225 g/mol. The molecule has 0 amide bonds. The molecule has 1 fully saturated rings. The Kier molecular flexibility index (Phi) is 4.35. The first-order valence-electron chi connectivity index (χ1n) is 6.20. The lowest BCUT2D eigenvalue weighted by atomic mass is 9.69. The summed E-state index contributed by atoms with van der Waals surface area (Å²) < 4.78 is 5.10. The monoisotopic (exact) mass is 225 g/mol. The summed E-state index contributed by atoms with van der Waals surface area (Å²) in [6, 6.07) is 2.39. The zero-order chi connectivity index (χ0) is 12.2. The second kappa shape index (κ2) is 5.16. The van der Waals surface area contributed by atoms with Crippen molar-refractivity contribution < 1.29 is 9.84 Å². The van der Waals surface area contributed by atoms with Gasteiger partial charge in [-0.2, -0.15) is 5.26 Å². The highest BCUT2D eigenvalue weighted by atomic mass is 16.5. The summed E-state index contributed by atoms with van der Waals surface area (Å²) in [5, 5.41) is 20.1. The van der Waals surface area contributed by atoms with E-state index >= 15 is 0 Å². The molecule has 3 unspecified atom stereocenters. The van der Waals surface area contributed by atoms with Crippen LogP contribution >= 0.6 is 0 Å². The van der Waals surface area contributed by atoms with Crippen LogP contribution in [0, 0.1) is 22.7 Å². The third-order valence-corrected chi connectivity index (χ3v) is 4.27. The molecule has 3 nitrogen and oxygen atoms in total. The fourth-order valence-electron chi connectivity index (χ4n) is 2.94. The summed E-state index contributed by atoms with van der Waals surface area (Å²) in [7, 11) is 1.58. The van der Waals surface area contributed by atoms with Gasteiger partial charge in [-0.1, -0.05) is 20.3 Å². The van der Waals surface area contributed by atoms with Gasteiger partial charge in [-0.15, -0.1) is 0 Å². The molecule has 0 radical (unpaired) electrons. The average Bonchev–Trinajstić information content (AvgIpc) is 2.74. The fraction of sp³-hybridized carbons (Fsp3) is 0.923. The second-order valence-electron chi connectivity index (χ2n) is 5.03. The molecule has 1 aliphatic rings. The molecule has 0 aliphatic heterocycles. The van der Waals surface area contributed by atoms with Crippen molar-refractivity contribution in [1.82, 2.24) is 0 Å². The molecule has 1 saturated carbocycles. The molecule has 3 atom stereocenters. The highest BCUT2D eigenvalue weighted by Crippen LogP contribution is 2.50. The van der Waals surface area contributed by atoms with Gasteiger partial charge in [0.05, 0.1) is 18.1 Å². The zero-order valence-corrected chi connectivity index (χ0v) is 10.6. The fourth-order valence-corrected chi connectivity index (χ4v) is 2.94. The predicted octanol–water partition coefficient (Wildman–Crippen LogP) is 2.49. The standard InChI is InChI=1S/C13H23NO2/c1-4-11-6-7-12(8-11,9-14)13(15,5-2)10-16-3/h11,15H,4-8,10H2,1-3H3. The topological polar surface area (TPSA) is 53.2 Å². The molecule has 0 spiro atoms. The quantitative estimate of drug-likeness (QED) is 0.782. The minimum absolute atomic E-state index is 0.257. The molecular formula is C13H23NO2. The number of nitrogens with zero attached hydrogens (tertiary/aromatic N) is 1. The van der Waals surface area contributed by atoms with Crippen LogP contribution in [0.1, 0.15) is 46.0 Å². The summed E-state index contributed by atoms with van der Waals surface area (Å²) >= 11 is 0. The first kappa shape index (κ1) is 13.5. The van der Waals surface area contributed by atoms with Crippen molar-refractivity contribution >= 4 is 0 Å². The van der Waals surface area contributed by atoms with Gasteiger partial charge in [0.25, 0.3) is 0 Å². The van der Waals surface area contributed by atoms with Crippen molar-refractivity contribution in [2.75, 3.05) is 13.7 Å². The van der Waals surface area contributed by atoms with Gasteiger partial charge in [-0.05, 0) is 31.6 Å². The lowest BCUT2D eigenvalue weighted by Gasteiger charge is -2.39. The lowest BCUT2D eigenvalue weighted by Crippen LogP contribution is -2.49. The van der Waals surface area contributed by atoms with Crippen LogP contribution in [0.2, 0.25) is 0 Å². The summed E-state index contributed by atoms with van der Waals surface area (Å²) in [5.74, 6) is 0.578. The van der Waals surface area contributed by atoms with Gasteiger partial charge in [-0.25, -0.2) is 0 Å². The molecule has 0 saturated heterocycles. The smallest absolute Gasteiger partial charge is 0.106 e. The Morgan fingerprint density at radius 2 is 2.25 bits per heavy atom. The van der Waals surface area contributed by atoms with Gasteiger partial charge in [-0.3, -0.25) is 0 Å². The van der Waals surface area contributed by atoms with E-state index in [1.54, 1.807) is 7.11 Å². The summed E-state index contributed by atoms with van der Waals surface area (Å²) in [5.41, 5.74) is -1.58. The van der Waals surface area contributed by atoms with E-state index in [9.17, 15) is 10.4 Å². The molecule has 0 aromatic rings. The molecular weight excluding hydrogens is 202 g/mol. The van der Waals surface area contributed by atoms with E-state index in [1.165, 1.54) is 0 Å². The molecule has 92 valence electrons. The number of methoxy groups -OCH3 is 1. The molecule has 0 heterocycles. The number of ether oxygens (including phenoxy) is 1. The molecule has 16 heavy (non-hydrogen) atoms. The SMILES string of the molecule is CCC1CCC(C#N)(C(O)(CC)COC)C1. The molecule has 3 heteroatoms. The Morgan fingerprint density at radius 1 is 1.56 bits per heavy atom. The van der Waals surface area contributed by atoms with Gasteiger partial charge in [0, 0.05) is 7.11 Å². The van der Waals surface area contributed by atoms with Crippen molar-refractivity contribution in [3.8, 4) is 6.07 Å². The maximum Gasteiger partial charge on any atom is 0.106 e. The second-order valence-corrected chi connectivity index (χ2v) is 5.03. The van der Waals surface area contributed by atoms with E-state index in [-0.39, 0.29) is 6.61 Å². The summed E-state index contributed by atoms with van der Waals surface area (Å²) in [6.07, 6.45) is 4.33. The van der Waals surface area contributed by atoms with Crippen molar-refractivity contribution in [2.24, 2.45) is 11.3 Å². The Labute approximate surface area is 98.4 Å². The molecule has 0 aromatic heterocycles. The van der Waals surface area contributed by atoms with Gasteiger partial charge in [0.15, 0.2) is 0 Å². The molecule has 1 rings (SSSR count). The summed E-state index contributed by atoms with van der Waals surface area (Å²) in [6.45, 7) is 4.34. The normalized spacial score (nSPS) is 33.3. The molecule has 0 bridgehead atoms. The van der Waals surface area contributed by atoms with E-state index in [2.05, 4.69) is 13.0 Å². The molecule has 1 N–H and O–H groups in total. The van der Waals surface area contributed by atoms with E-state index in [4.69, 9.17) is 4.74 Å². The number of nitriles is 1. The maximum atomic E-state index is 10.6. The van der Waals surface area contributed by atoms with Crippen LogP contribution in [0.15, 0.2) is 0 Å². The Morgan fingerprint density at radius 3 is 2.62 bits per heavy atom. The van der Waals surface area contributed by atoms with Crippen LogP contribution in [-0.2, 0) is 4.74 Å². The first-order valence-corrected chi connectivity index (χ1v) is 6.20. The van der Waals surface area contributed by atoms with Gasteiger partial charge < -0.3 is 9.84 Å². The Hall–Kier alpha value is -0.590. The van der Waals surface area contributed by atoms with Gasteiger partial charge >= 0.3 is 0 Å². The predicted molar refractivity (Wildman–Crippen MR) is 62.8 cm³/mol. The summed E-state index contributed by atoms with van der Waals surface area (Å²) in [4.78, 5) is 0. The molecule has 0 aromatic carbocycles. The maximum absolute atomic E-state index is 10.6. The van der Waals surface area contributed by atoms with E-state index in [0.717, 1.165) is 25.7 Å². The number of rotatable bonds is 5. The minimum atomic E-state index is -0.986. The van der Waals surface area contributed by atoms with Crippen LogP contribution in [0.25, 0.3) is 0 Å². The van der Waals surface area contributed by atoms with Crippen LogP contribution in [0.5, 0.6) is 0 Å². The highest BCUT2D eigenvalue weighted by molar-refractivity contribution is 5.14. The Bertz CT molecular complexity index is 274. The van der Waals surface area contributed by atoms with Gasteiger partial charge in [0.2, 0.25) is 0 Å². The largest absolute Gasteiger partial charge is 0.386 e. The number of hydrogen-bond donors (Lipinski definition) is 1. The third kappa shape index (κ3) is 2.09. The highest BCUT2D eigenvalue weighted by Gasteiger charge is 2.53.